The number of rotatable bonds is 3. The van der Waals surface area contributed by atoms with Crippen LogP contribution in [0.15, 0.2) is 0 Å². The zero-order valence-electron chi connectivity index (χ0n) is 8.93. The zero-order chi connectivity index (χ0) is 9.90. The van der Waals surface area contributed by atoms with Crippen molar-refractivity contribution in [1.29, 1.82) is 0 Å². The van der Waals surface area contributed by atoms with Gasteiger partial charge >= 0.3 is 87.5 Å². The van der Waals surface area contributed by atoms with E-state index >= 15 is 0 Å². The Hall–Kier alpha value is 0.189. The molecule has 1 saturated carbocycles. The van der Waals surface area contributed by atoms with Crippen molar-refractivity contribution in [1.82, 2.24) is 0 Å². The van der Waals surface area contributed by atoms with Crippen molar-refractivity contribution in [2.75, 3.05) is 0 Å². The van der Waals surface area contributed by atoms with Crippen molar-refractivity contribution >= 4 is 20.7 Å². The van der Waals surface area contributed by atoms with Crippen LogP contribution in [0.1, 0.15) is 46.0 Å². The Bertz CT molecular complexity index is 185. The van der Waals surface area contributed by atoms with E-state index in [2.05, 4.69) is 19.7 Å². The van der Waals surface area contributed by atoms with Crippen molar-refractivity contribution < 1.29 is 4.79 Å². The Balaban J connectivity index is 2.71. The molecule has 1 aliphatic rings. The second-order valence-corrected chi connectivity index (χ2v) is 6.95. The van der Waals surface area contributed by atoms with Crippen molar-refractivity contribution in [3.8, 4) is 0 Å². The molecule has 0 N–H and O–H groups in total. The second kappa shape index (κ2) is 4.61. The molecular weight excluding hydrogens is 227 g/mol. The normalized spacial score (nSPS) is 28.5. The summed E-state index contributed by atoms with van der Waals surface area (Å²) < 4.78 is 0.338. The molecule has 1 aliphatic carbocycles. The van der Waals surface area contributed by atoms with Gasteiger partial charge in [0.25, 0.3) is 0 Å². The summed E-state index contributed by atoms with van der Waals surface area (Å²) in [6.45, 7) is 4.54. The first kappa shape index (κ1) is 11.3. The van der Waals surface area contributed by atoms with Gasteiger partial charge in [-0.3, -0.25) is 0 Å². The Kier molecular flexibility index (Phi) is 4.00. The van der Waals surface area contributed by atoms with Crippen LogP contribution in [0.5, 0.6) is 0 Å². The molecule has 0 spiro atoms. The SMILES string of the molecule is CCC(C)([Se]C)C1CCCCC1=O. The third-order valence-corrected chi connectivity index (χ3v) is 6.62. The molecule has 76 valence electrons. The van der Waals surface area contributed by atoms with E-state index in [0.29, 0.717) is 31.0 Å². The van der Waals surface area contributed by atoms with E-state index < -0.39 is 0 Å². The van der Waals surface area contributed by atoms with Crippen molar-refractivity contribution in [3.63, 3.8) is 0 Å². The number of ketones is 1. The molecule has 2 heteroatoms. The molecule has 2 atom stereocenters. The first-order valence-electron chi connectivity index (χ1n) is 5.22. The molecule has 13 heavy (non-hydrogen) atoms. The van der Waals surface area contributed by atoms with E-state index in [1.54, 1.807) is 0 Å². The molecule has 2 unspecified atom stereocenters. The average Bonchev–Trinajstić information content (AvgIpc) is 2.17. The molecule has 0 radical (unpaired) electrons. The molecule has 1 rings (SSSR count). The van der Waals surface area contributed by atoms with Crippen LogP contribution >= 0.6 is 0 Å². The Morgan fingerprint density at radius 1 is 1.54 bits per heavy atom. The number of Topliss-reactive ketones (excluding diaryl/α,β-unsaturated/α-hetero) is 1. The Morgan fingerprint density at radius 2 is 2.23 bits per heavy atom. The summed E-state index contributed by atoms with van der Waals surface area (Å²) in [5.74, 6) is 3.20. The number of carbonyl (C=O) groups excluding carboxylic acids is 1. The van der Waals surface area contributed by atoms with Crippen molar-refractivity contribution in [2.45, 2.75) is 56.1 Å². The predicted molar refractivity (Wildman–Crippen MR) is 57.2 cm³/mol. The molecule has 1 nitrogen and oxygen atoms in total. The third-order valence-electron chi connectivity index (χ3n) is 3.46. The number of hydrogen-bond acceptors (Lipinski definition) is 1. The molecule has 0 heterocycles. The average molecular weight is 247 g/mol. The minimum atomic E-state index is 0.338. The summed E-state index contributed by atoms with van der Waals surface area (Å²) in [7, 11) is 0. The summed E-state index contributed by atoms with van der Waals surface area (Å²) in [6, 6.07) is 0. The van der Waals surface area contributed by atoms with Gasteiger partial charge in [-0.25, -0.2) is 0 Å². The fraction of sp³-hybridized carbons (Fsp3) is 0.909. The van der Waals surface area contributed by atoms with E-state index in [1.807, 2.05) is 0 Å². The monoisotopic (exact) mass is 248 g/mol. The van der Waals surface area contributed by atoms with Gasteiger partial charge in [-0.1, -0.05) is 0 Å². The quantitative estimate of drug-likeness (QED) is 0.700. The molecular formula is C11H20OSe. The van der Waals surface area contributed by atoms with E-state index in [0.717, 1.165) is 19.3 Å². The zero-order valence-corrected chi connectivity index (χ0v) is 10.6. The van der Waals surface area contributed by atoms with Gasteiger partial charge < -0.3 is 0 Å². The van der Waals surface area contributed by atoms with Gasteiger partial charge in [-0.2, -0.15) is 0 Å². The fourth-order valence-corrected chi connectivity index (χ4v) is 3.89. The van der Waals surface area contributed by atoms with E-state index in [9.17, 15) is 4.79 Å². The van der Waals surface area contributed by atoms with Crippen LogP contribution in [-0.4, -0.2) is 20.7 Å². The number of hydrogen-bond donors (Lipinski definition) is 0. The van der Waals surface area contributed by atoms with Gasteiger partial charge in [-0.05, 0) is 0 Å². The van der Waals surface area contributed by atoms with E-state index in [1.165, 1.54) is 12.8 Å². The third kappa shape index (κ3) is 2.35. The molecule has 0 amide bonds. The van der Waals surface area contributed by atoms with Gasteiger partial charge in [0.05, 0.1) is 0 Å². The van der Waals surface area contributed by atoms with Crippen LogP contribution in [0, 0.1) is 5.92 Å². The minimum absolute atomic E-state index is 0.338. The maximum absolute atomic E-state index is 11.8. The van der Waals surface area contributed by atoms with Gasteiger partial charge in [0.2, 0.25) is 0 Å². The molecule has 0 aliphatic heterocycles. The first-order chi connectivity index (χ1) is 6.14. The molecule has 0 bridgehead atoms. The Labute approximate surface area is 87.8 Å². The van der Waals surface area contributed by atoms with Crippen LogP contribution in [0.2, 0.25) is 10.1 Å². The molecule has 0 aromatic carbocycles. The van der Waals surface area contributed by atoms with Gasteiger partial charge in [0.1, 0.15) is 0 Å². The van der Waals surface area contributed by atoms with E-state index in [-0.39, 0.29) is 0 Å². The molecule has 0 aromatic rings. The summed E-state index contributed by atoms with van der Waals surface area (Å²) in [5, 5.41) is 0. The van der Waals surface area contributed by atoms with Crippen molar-refractivity contribution in [2.24, 2.45) is 5.92 Å². The first-order valence-corrected chi connectivity index (χ1v) is 7.79. The standard InChI is InChI=1S/C11H20OSe/c1-4-11(2,13-3)9-7-5-6-8-10(9)12/h9H,4-8H2,1-3H3. The molecule has 0 saturated heterocycles. The number of carbonyl (C=O) groups is 1. The molecule has 1 fully saturated rings. The molecule has 0 aromatic heterocycles. The summed E-state index contributed by atoms with van der Waals surface area (Å²) in [5.41, 5.74) is 0. The van der Waals surface area contributed by atoms with Crippen LogP contribution in [0.4, 0.5) is 0 Å². The fourth-order valence-electron chi connectivity index (χ4n) is 2.16. The summed E-state index contributed by atoms with van der Waals surface area (Å²) in [4.78, 5) is 11.8. The topological polar surface area (TPSA) is 17.1 Å². The summed E-state index contributed by atoms with van der Waals surface area (Å²) >= 11 is 0.597. The second-order valence-electron chi connectivity index (χ2n) is 4.14. The van der Waals surface area contributed by atoms with Crippen LogP contribution < -0.4 is 0 Å². The van der Waals surface area contributed by atoms with Crippen LogP contribution in [0.3, 0.4) is 0 Å². The van der Waals surface area contributed by atoms with Crippen LogP contribution in [0.25, 0.3) is 0 Å². The summed E-state index contributed by atoms with van der Waals surface area (Å²) in [6.07, 6.45) is 5.56. The van der Waals surface area contributed by atoms with Gasteiger partial charge in [-0.15, -0.1) is 0 Å². The predicted octanol–water partition coefficient (Wildman–Crippen LogP) is 3.09. The van der Waals surface area contributed by atoms with E-state index in [4.69, 9.17) is 0 Å². The van der Waals surface area contributed by atoms with Crippen LogP contribution in [-0.2, 0) is 4.79 Å². The van der Waals surface area contributed by atoms with Crippen molar-refractivity contribution in [3.05, 3.63) is 0 Å². The van der Waals surface area contributed by atoms with Gasteiger partial charge in [0, 0.05) is 0 Å². The maximum atomic E-state index is 11.8. The van der Waals surface area contributed by atoms with Gasteiger partial charge in [0.15, 0.2) is 0 Å². The Morgan fingerprint density at radius 3 is 2.69 bits per heavy atom.